The normalized spacial score (nSPS) is 19.6. The van der Waals surface area contributed by atoms with Crippen LogP contribution in [0.1, 0.15) is 6.42 Å². The summed E-state index contributed by atoms with van der Waals surface area (Å²) in [6.45, 7) is -3.90. The van der Waals surface area contributed by atoms with Gasteiger partial charge in [-0.3, -0.25) is 9.05 Å². The third-order valence-electron chi connectivity index (χ3n) is 4.31. The maximum Gasteiger partial charge on any atom is 0.472 e. The number of aldehydes is 1. The molecule has 0 saturated carbocycles. The quantitative estimate of drug-likeness (QED) is 0.107. The molecule has 0 bridgehead atoms. The van der Waals surface area contributed by atoms with Crippen molar-refractivity contribution in [3.8, 4) is 0 Å². The van der Waals surface area contributed by atoms with Gasteiger partial charge in [-0.25, -0.2) is 4.57 Å². The molecule has 0 rings (SSSR count). The molecule has 0 aromatic heterocycles. The summed E-state index contributed by atoms with van der Waals surface area (Å²) in [5, 5.41) is 36.9. The molecule has 0 radical (unpaired) electrons. The number of hydrogen-bond donors (Lipinski definition) is 5. The van der Waals surface area contributed by atoms with E-state index in [1.807, 2.05) is 0 Å². The van der Waals surface area contributed by atoms with Crippen LogP contribution < -0.4 is 0 Å². The van der Waals surface area contributed by atoms with E-state index < -0.39 is 87.7 Å². The fraction of sp³-hybridized carbons (Fsp3) is 0.929. The molecular formula is C14H16F13O9P. The van der Waals surface area contributed by atoms with Gasteiger partial charge in [-0.2, -0.15) is 57.1 Å². The maximum atomic E-state index is 13.6. The maximum absolute atomic E-state index is 13.6. The summed E-state index contributed by atoms with van der Waals surface area (Å²) in [6.07, 6.45) is -20.5. The second-order valence-electron chi connectivity index (χ2n) is 7.02. The van der Waals surface area contributed by atoms with E-state index in [1.165, 1.54) is 0 Å². The highest BCUT2D eigenvalue weighted by Gasteiger charge is 2.90. The predicted molar refractivity (Wildman–Crippen MR) is 87.2 cm³/mol. The predicted octanol–water partition coefficient (Wildman–Crippen LogP) is 1.89. The molecule has 0 aromatic carbocycles. The first-order valence-corrected chi connectivity index (χ1v) is 10.4. The topological polar surface area (TPSA) is 154 Å². The van der Waals surface area contributed by atoms with Crippen LogP contribution in [0.4, 0.5) is 57.1 Å². The van der Waals surface area contributed by atoms with Gasteiger partial charge >= 0.3 is 43.6 Å². The largest absolute Gasteiger partial charge is 0.472 e. The van der Waals surface area contributed by atoms with Gasteiger partial charge in [0.1, 0.15) is 24.4 Å². The number of hydrogen-bond acceptors (Lipinski definition) is 8. The number of rotatable bonds is 15. The molecule has 0 heterocycles. The zero-order chi connectivity index (χ0) is 30.1. The smallest absolute Gasteiger partial charge is 0.388 e. The Balaban J connectivity index is 5.43. The molecule has 37 heavy (non-hydrogen) atoms. The Morgan fingerprint density at radius 2 is 1.14 bits per heavy atom. The second kappa shape index (κ2) is 11.4. The molecule has 5 atom stereocenters. The molecule has 1 unspecified atom stereocenters. The van der Waals surface area contributed by atoms with Gasteiger partial charge in [0.25, 0.3) is 0 Å². The lowest BCUT2D eigenvalue weighted by Gasteiger charge is -2.39. The van der Waals surface area contributed by atoms with Crippen molar-refractivity contribution in [3.05, 3.63) is 0 Å². The number of phosphoric ester groups is 1. The molecule has 0 saturated heterocycles. The average molecular weight is 606 g/mol. The molecular weight excluding hydrogens is 590 g/mol. The van der Waals surface area contributed by atoms with Crippen molar-refractivity contribution in [2.45, 2.75) is 66.6 Å². The second-order valence-corrected chi connectivity index (χ2v) is 8.48. The summed E-state index contributed by atoms with van der Waals surface area (Å²) in [7, 11) is -5.77. The summed E-state index contributed by atoms with van der Waals surface area (Å²) in [4.78, 5) is 19.4. The van der Waals surface area contributed by atoms with Crippen molar-refractivity contribution >= 4 is 14.1 Å². The number of aliphatic hydroxyl groups excluding tert-OH is 4. The number of phosphoric acid groups is 1. The fourth-order valence-electron chi connectivity index (χ4n) is 2.06. The van der Waals surface area contributed by atoms with E-state index in [2.05, 4.69) is 9.05 Å². The van der Waals surface area contributed by atoms with E-state index >= 15 is 0 Å². The van der Waals surface area contributed by atoms with E-state index in [9.17, 15) is 81.8 Å². The van der Waals surface area contributed by atoms with E-state index in [1.54, 1.807) is 0 Å². The number of carbonyl (C=O) groups is 1. The minimum atomic E-state index is -8.12. The van der Waals surface area contributed by atoms with Crippen LogP contribution in [-0.2, 0) is 18.4 Å². The Labute approximate surface area is 196 Å². The Hall–Kier alpha value is -1.29. The zero-order valence-electron chi connectivity index (χ0n) is 17.2. The van der Waals surface area contributed by atoms with Gasteiger partial charge in [0.15, 0.2) is 6.29 Å². The highest BCUT2D eigenvalue weighted by atomic mass is 31.2. The number of alkyl halides is 13. The monoisotopic (exact) mass is 606 g/mol. The SMILES string of the molecule is O=C[C@H](O)[C@@H](O)[C@H](O)[C@H](O)COP(=O)(O)OCCC(F)(F)C(F)(F)C(F)(F)C(F)(F)C(F)(F)C(F)(F)F. The first-order chi connectivity index (χ1) is 16.1. The number of halogens is 13. The van der Waals surface area contributed by atoms with Gasteiger partial charge in [-0.05, 0) is 0 Å². The minimum absolute atomic E-state index is 0.332. The van der Waals surface area contributed by atoms with Crippen molar-refractivity contribution in [3.63, 3.8) is 0 Å². The Kier molecular flexibility index (Phi) is 11.0. The summed E-state index contributed by atoms with van der Waals surface area (Å²) in [5.74, 6) is -38.3. The molecule has 0 spiro atoms. The molecule has 0 fully saturated rings. The van der Waals surface area contributed by atoms with Gasteiger partial charge in [-0.15, -0.1) is 0 Å². The van der Waals surface area contributed by atoms with Crippen molar-refractivity contribution in [2.24, 2.45) is 0 Å². The van der Waals surface area contributed by atoms with Crippen molar-refractivity contribution < 1.29 is 101 Å². The van der Waals surface area contributed by atoms with E-state index in [-0.39, 0.29) is 6.29 Å². The van der Waals surface area contributed by atoms with Crippen LogP contribution in [0.25, 0.3) is 0 Å². The standard InChI is InChI=1S/C14H16F13O9P/c15-9(16,10(17,18)11(19,20)12(21,22)13(23,24)14(25,26)27)1-2-35-37(33,34)36-4-6(30)8(32)7(31)5(29)3-28/h3,5-8,29-32H,1-2,4H2,(H,33,34)/t5-,6+,7+,8+/m0/s1. The van der Waals surface area contributed by atoms with E-state index in [0.717, 1.165) is 0 Å². The first-order valence-electron chi connectivity index (χ1n) is 8.90. The van der Waals surface area contributed by atoms with Crippen molar-refractivity contribution in [1.29, 1.82) is 0 Å². The van der Waals surface area contributed by atoms with Crippen molar-refractivity contribution in [2.75, 3.05) is 13.2 Å². The van der Waals surface area contributed by atoms with Crippen LogP contribution in [0.2, 0.25) is 0 Å². The van der Waals surface area contributed by atoms with Gasteiger partial charge in [0, 0.05) is 6.42 Å². The molecule has 0 aliphatic carbocycles. The molecule has 23 heteroatoms. The number of aliphatic hydroxyl groups is 4. The van der Waals surface area contributed by atoms with Crippen LogP contribution in [0.3, 0.4) is 0 Å². The van der Waals surface area contributed by atoms with Crippen molar-refractivity contribution in [1.82, 2.24) is 0 Å². The van der Waals surface area contributed by atoms with E-state index in [0.29, 0.717) is 0 Å². The number of carbonyl (C=O) groups excluding carboxylic acids is 1. The minimum Gasteiger partial charge on any atom is -0.388 e. The molecule has 0 aliphatic rings. The third kappa shape index (κ3) is 7.22. The molecule has 9 nitrogen and oxygen atoms in total. The van der Waals surface area contributed by atoms with E-state index in [4.69, 9.17) is 10.00 Å². The van der Waals surface area contributed by atoms with Gasteiger partial charge in [-0.1, -0.05) is 0 Å². The van der Waals surface area contributed by atoms with Gasteiger partial charge in [0.05, 0.1) is 13.2 Å². The van der Waals surface area contributed by atoms with Crippen LogP contribution in [-0.4, -0.2) is 105 Å². The van der Waals surface area contributed by atoms with Gasteiger partial charge < -0.3 is 30.1 Å². The summed E-state index contributed by atoms with van der Waals surface area (Å²) < 4.78 is 187. The highest BCUT2D eigenvalue weighted by Crippen LogP contribution is 2.60. The lowest BCUT2D eigenvalue weighted by Crippen LogP contribution is -2.70. The fourth-order valence-corrected chi connectivity index (χ4v) is 2.80. The van der Waals surface area contributed by atoms with Gasteiger partial charge in [0.2, 0.25) is 0 Å². The Morgan fingerprint density at radius 1 is 0.703 bits per heavy atom. The average Bonchev–Trinajstić information content (AvgIpc) is 2.74. The molecule has 222 valence electrons. The van der Waals surface area contributed by atoms with Crippen LogP contribution >= 0.6 is 7.82 Å². The van der Waals surface area contributed by atoms with Crippen LogP contribution in [0.5, 0.6) is 0 Å². The lowest BCUT2D eigenvalue weighted by atomic mass is 9.93. The van der Waals surface area contributed by atoms with Crippen LogP contribution in [0, 0.1) is 0 Å². The molecule has 0 aromatic rings. The first kappa shape index (κ1) is 35.7. The molecule has 5 N–H and O–H groups in total. The third-order valence-corrected chi connectivity index (χ3v) is 5.30. The summed E-state index contributed by atoms with van der Waals surface area (Å²) in [6, 6.07) is 0. The highest BCUT2D eigenvalue weighted by molar-refractivity contribution is 7.47. The molecule has 0 aliphatic heterocycles. The summed E-state index contributed by atoms with van der Waals surface area (Å²) >= 11 is 0. The van der Waals surface area contributed by atoms with Crippen LogP contribution in [0.15, 0.2) is 0 Å². The Bertz CT molecular complexity index is 823. The lowest BCUT2D eigenvalue weighted by molar-refractivity contribution is -0.440. The molecule has 0 amide bonds. The summed E-state index contributed by atoms with van der Waals surface area (Å²) in [5.41, 5.74) is 0. The zero-order valence-corrected chi connectivity index (χ0v) is 18.1. The Morgan fingerprint density at radius 3 is 1.54 bits per heavy atom.